The van der Waals surface area contributed by atoms with E-state index in [1.165, 1.54) is 13.8 Å². The van der Waals surface area contributed by atoms with Crippen molar-refractivity contribution in [2.45, 2.75) is 63.1 Å². The Balaban J connectivity index is 1.27. The summed E-state index contributed by atoms with van der Waals surface area (Å²) in [6.07, 6.45) is 3.04. The quantitative estimate of drug-likeness (QED) is 0.200. The van der Waals surface area contributed by atoms with Gasteiger partial charge >= 0.3 is 5.97 Å². The van der Waals surface area contributed by atoms with E-state index in [9.17, 15) is 23.1 Å². The van der Waals surface area contributed by atoms with Crippen LogP contribution in [0.2, 0.25) is 0 Å². The van der Waals surface area contributed by atoms with E-state index >= 15 is 0 Å². The van der Waals surface area contributed by atoms with Crippen molar-refractivity contribution in [2.24, 2.45) is 0 Å². The summed E-state index contributed by atoms with van der Waals surface area (Å²) < 4.78 is 47.6. The number of ether oxygens (including phenoxy) is 2. The molecule has 54 heavy (non-hydrogen) atoms. The highest BCUT2D eigenvalue weighted by Gasteiger charge is 2.40. The van der Waals surface area contributed by atoms with Crippen LogP contribution in [0.3, 0.4) is 0 Å². The number of hydrogen-bond acceptors (Lipinski definition) is 9. The minimum absolute atomic E-state index is 0.0190. The first-order valence-corrected chi connectivity index (χ1v) is 18.8. The average molecular weight is 749 g/mol. The van der Waals surface area contributed by atoms with E-state index in [2.05, 4.69) is 23.1 Å². The van der Waals surface area contributed by atoms with Crippen LogP contribution in [0.5, 0.6) is 0 Å². The number of carboxylic acid groups (broad SMARTS) is 1. The topological polar surface area (TPSA) is 172 Å². The molecule has 2 unspecified atom stereocenters. The summed E-state index contributed by atoms with van der Waals surface area (Å²) in [5.41, 5.74) is 5.36. The number of rotatable bonds is 9. The van der Waals surface area contributed by atoms with E-state index in [4.69, 9.17) is 19.3 Å². The van der Waals surface area contributed by atoms with Gasteiger partial charge in [0.1, 0.15) is 29.3 Å². The number of amides is 1. The Hall–Kier alpha value is -5.97. The van der Waals surface area contributed by atoms with Gasteiger partial charge in [-0.25, -0.2) is 13.2 Å². The van der Waals surface area contributed by atoms with Crippen LogP contribution in [0.1, 0.15) is 52.7 Å². The standard InChI is InChI=1S/C41H40N4O8S/c1-25-8-14-33(15-9-25)38-24-51-36-7-5-6-35(45(23-26(2)20-37(36)52-38)54(49,50)39-27(3)44-53-28(39)4)40(46)43-34(41(47)48)21-29-10-16-31(17-11-29)32-18-12-30(22-42)13-19-32/h7-20,34-35,38H,2,5-6,21,23-24H2,1,3-4H3,(H,43,46)(H,47,48)/b36-7+,37-20+/t34-,35?,38?/m0/s1. The zero-order chi connectivity index (χ0) is 38.6. The number of nitrogens with zero attached hydrogens (tertiary/aromatic N) is 3. The van der Waals surface area contributed by atoms with Crippen LogP contribution in [0.15, 0.2) is 118 Å². The minimum atomic E-state index is -4.44. The van der Waals surface area contributed by atoms with Crippen molar-refractivity contribution in [1.82, 2.24) is 14.8 Å². The molecule has 1 saturated heterocycles. The fourth-order valence-electron chi connectivity index (χ4n) is 6.50. The van der Waals surface area contributed by atoms with Crippen molar-refractivity contribution >= 4 is 21.9 Å². The van der Waals surface area contributed by atoms with Crippen molar-refractivity contribution in [1.29, 1.82) is 5.26 Å². The highest BCUT2D eigenvalue weighted by Crippen LogP contribution is 2.35. The molecule has 2 aliphatic rings. The zero-order valence-electron chi connectivity index (χ0n) is 30.1. The molecule has 0 spiro atoms. The number of carbonyl (C=O) groups excluding carboxylic acids is 1. The molecule has 1 aromatic heterocycles. The van der Waals surface area contributed by atoms with Gasteiger partial charge in [-0.15, -0.1) is 0 Å². The Kier molecular flexibility index (Phi) is 11.2. The lowest BCUT2D eigenvalue weighted by atomic mass is 9.99. The van der Waals surface area contributed by atoms with Gasteiger partial charge in [0.2, 0.25) is 15.9 Å². The summed E-state index contributed by atoms with van der Waals surface area (Å²) >= 11 is 0. The number of carbonyl (C=O) groups is 2. The van der Waals surface area contributed by atoms with Gasteiger partial charge in [-0.3, -0.25) is 4.79 Å². The van der Waals surface area contributed by atoms with Gasteiger partial charge in [0, 0.05) is 13.0 Å². The van der Waals surface area contributed by atoms with Crippen molar-refractivity contribution in [3.8, 4) is 17.2 Å². The number of aromatic nitrogens is 1. The zero-order valence-corrected chi connectivity index (χ0v) is 30.9. The number of sulfonamides is 1. The smallest absolute Gasteiger partial charge is 0.326 e. The third kappa shape index (κ3) is 8.30. The van der Waals surface area contributed by atoms with Crippen LogP contribution in [-0.4, -0.2) is 60.1 Å². The molecular weight excluding hydrogens is 709 g/mol. The Morgan fingerprint density at radius 1 is 1.02 bits per heavy atom. The van der Waals surface area contributed by atoms with Crippen LogP contribution in [0.25, 0.3) is 11.1 Å². The van der Waals surface area contributed by atoms with E-state index in [0.717, 1.165) is 26.6 Å². The Labute approximate surface area is 314 Å². The lowest BCUT2D eigenvalue weighted by Gasteiger charge is -2.33. The maximum Gasteiger partial charge on any atom is 0.326 e. The van der Waals surface area contributed by atoms with E-state index in [0.29, 0.717) is 28.2 Å². The Morgan fingerprint density at radius 2 is 1.69 bits per heavy atom. The number of benzene rings is 3. The number of aryl methyl sites for hydroxylation is 3. The number of fused-ring (bicyclic) bond motifs is 1. The third-order valence-electron chi connectivity index (χ3n) is 9.36. The number of aliphatic carboxylic acids is 1. The van der Waals surface area contributed by atoms with Crippen LogP contribution >= 0.6 is 0 Å². The number of hydrogen-bond donors (Lipinski definition) is 2. The number of allylic oxidation sites excluding steroid dienone is 1. The summed E-state index contributed by atoms with van der Waals surface area (Å²) in [4.78, 5) is 26.6. The maximum atomic E-state index is 14.4. The molecule has 3 aromatic carbocycles. The van der Waals surface area contributed by atoms with Crippen LogP contribution in [-0.2, 0) is 35.5 Å². The predicted octanol–water partition coefficient (Wildman–Crippen LogP) is 6.22. The van der Waals surface area contributed by atoms with E-state index in [-0.39, 0.29) is 48.8 Å². The fraction of sp³-hybridized carbons (Fsp3) is 0.268. The molecule has 278 valence electrons. The van der Waals surface area contributed by atoms with Gasteiger partial charge in [-0.1, -0.05) is 78.0 Å². The predicted molar refractivity (Wildman–Crippen MR) is 199 cm³/mol. The van der Waals surface area contributed by atoms with Gasteiger partial charge in [-0.2, -0.15) is 9.57 Å². The SMILES string of the molecule is C=C1/C=C2/OC(c3ccc(C)cc3)CO/C2=C/CCC(C(=O)N[C@@H](Cc2ccc(-c3ccc(C#N)cc3)cc2)C(=O)O)N(S(=O)(=O)c2c(C)noc2C)C1. The van der Waals surface area contributed by atoms with Gasteiger partial charge in [-0.05, 0) is 85.7 Å². The molecule has 4 aromatic rings. The monoisotopic (exact) mass is 748 g/mol. The molecule has 3 atom stereocenters. The Morgan fingerprint density at radius 3 is 2.30 bits per heavy atom. The lowest BCUT2D eigenvalue weighted by molar-refractivity contribution is -0.142. The molecule has 0 bridgehead atoms. The summed E-state index contributed by atoms with van der Waals surface area (Å²) in [5, 5.41) is 25.8. The first kappa shape index (κ1) is 37.8. The molecule has 0 radical (unpaired) electrons. The summed E-state index contributed by atoms with van der Waals surface area (Å²) in [5.74, 6) is -1.20. The summed E-state index contributed by atoms with van der Waals surface area (Å²) in [6.45, 7) is 9.01. The van der Waals surface area contributed by atoms with Gasteiger partial charge in [0.25, 0.3) is 0 Å². The maximum absolute atomic E-state index is 14.4. The number of nitriles is 1. The second-order valence-corrected chi connectivity index (χ2v) is 15.2. The van der Waals surface area contributed by atoms with E-state index in [1.807, 2.05) is 55.5 Å². The largest absolute Gasteiger partial charge is 0.486 e. The van der Waals surface area contributed by atoms with E-state index < -0.39 is 40.1 Å². The fourth-order valence-corrected chi connectivity index (χ4v) is 8.42. The van der Waals surface area contributed by atoms with Crippen molar-refractivity contribution in [2.75, 3.05) is 13.2 Å². The average Bonchev–Trinajstić information content (AvgIpc) is 3.51. The Bertz CT molecular complexity index is 2250. The molecule has 13 heteroatoms. The van der Waals surface area contributed by atoms with Crippen molar-refractivity contribution < 1.29 is 37.1 Å². The van der Waals surface area contributed by atoms with Crippen molar-refractivity contribution in [3.05, 3.63) is 142 Å². The molecular formula is C41H40N4O8S. The molecule has 1 fully saturated rings. The highest BCUT2D eigenvalue weighted by atomic mass is 32.2. The normalized spacial score (nSPS) is 20.4. The third-order valence-corrected chi connectivity index (χ3v) is 11.5. The van der Waals surface area contributed by atoms with Gasteiger partial charge in [0.05, 0.1) is 11.6 Å². The van der Waals surface area contributed by atoms with Crippen LogP contribution in [0, 0.1) is 32.1 Å². The van der Waals surface area contributed by atoms with Crippen molar-refractivity contribution in [3.63, 3.8) is 0 Å². The summed E-state index contributed by atoms with van der Waals surface area (Å²) in [7, 11) is -4.44. The number of carboxylic acids is 1. The molecule has 3 heterocycles. The number of nitrogens with one attached hydrogen (secondary N) is 1. The first-order valence-electron chi connectivity index (χ1n) is 17.4. The molecule has 0 saturated carbocycles. The highest BCUT2D eigenvalue weighted by molar-refractivity contribution is 7.89. The molecule has 2 N–H and O–H groups in total. The second-order valence-electron chi connectivity index (χ2n) is 13.3. The first-order chi connectivity index (χ1) is 25.8. The van der Waals surface area contributed by atoms with E-state index in [1.54, 1.807) is 36.4 Å². The second kappa shape index (κ2) is 16.0. The van der Waals surface area contributed by atoms with Crippen LogP contribution in [0.4, 0.5) is 0 Å². The molecule has 6 rings (SSSR count). The van der Waals surface area contributed by atoms with Gasteiger partial charge in [0.15, 0.2) is 23.4 Å². The van der Waals surface area contributed by atoms with Gasteiger partial charge < -0.3 is 24.4 Å². The van der Waals surface area contributed by atoms with Crippen LogP contribution < -0.4 is 5.32 Å². The molecule has 12 nitrogen and oxygen atoms in total. The lowest BCUT2D eigenvalue weighted by Crippen LogP contribution is -2.54. The molecule has 0 aliphatic carbocycles. The molecule has 1 amide bonds. The minimum Gasteiger partial charge on any atom is -0.486 e. The summed E-state index contributed by atoms with van der Waals surface area (Å²) in [6, 6.07) is 21.5. The molecule has 2 aliphatic heterocycles.